The summed E-state index contributed by atoms with van der Waals surface area (Å²) in [7, 11) is 0. The summed E-state index contributed by atoms with van der Waals surface area (Å²) in [5, 5.41) is 0. The van der Waals surface area contributed by atoms with Crippen LogP contribution in [0.5, 0.6) is 0 Å². The molecule has 1 heterocycles. The molecule has 1 nitrogen and oxygen atoms in total. The Labute approximate surface area is 103 Å². The van der Waals surface area contributed by atoms with Gasteiger partial charge in [0.05, 0.1) is 0 Å². The van der Waals surface area contributed by atoms with Gasteiger partial charge in [0.2, 0.25) is 0 Å². The van der Waals surface area contributed by atoms with Crippen molar-refractivity contribution in [2.24, 2.45) is 0 Å². The van der Waals surface area contributed by atoms with E-state index in [0.29, 0.717) is 0 Å². The van der Waals surface area contributed by atoms with E-state index < -0.39 is 0 Å². The topological polar surface area (TPSA) is 3.24 Å². The molecule has 0 amide bonds. The zero-order chi connectivity index (χ0) is 11.4. The zero-order valence-corrected chi connectivity index (χ0v) is 10.9. The van der Waals surface area contributed by atoms with Gasteiger partial charge in [0.1, 0.15) is 0 Å². The van der Waals surface area contributed by atoms with E-state index >= 15 is 0 Å². The second-order valence-electron chi connectivity index (χ2n) is 4.14. The Kier molecular flexibility index (Phi) is 3.94. The molecule has 86 valence electrons. The highest BCUT2D eigenvalue weighted by atomic mass is 32.2. The highest BCUT2D eigenvalue weighted by Crippen LogP contribution is 2.26. The molecule has 0 aliphatic carbocycles. The fourth-order valence-corrected chi connectivity index (χ4v) is 2.92. The zero-order valence-electron chi connectivity index (χ0n) is 10.1. The lowest BCUT2D eigenvalue weighted by atomic mass is 10.2. The van der Waals surface area contributed by atoms with E-state index in [9.17, 15) is 0 Å². The van der Waals surface area contributed by atoms with Crippen LogP contribution in [0.25, 0.3) is 0 Å². The van der Waals surface area contributed by atoms with E-state index in [2.05, 4.69) is 49.1 Å². The maximum Gasteiger partial charge on any atom is 0.0408 e. The molecular weight excluding hydrogens is 214 g/mol. The standard InChI is InChI=1S/C14H19NS/c1-3-4-14-11-16-10-9-15(14)13-7-5-12(2)6-8-13/h4-8H,3,9-11H2,1-2H3/b14-4-. The van der Waals surface area contributed by atoms with Crippen molar-refractivity contribution in [1.29, 1.82) is 0 Å². The molecule has 0 unspecified atom stereocenters. The van der Waals surface area contributed by atoms with Crippen LogP contribution in [-0.2, 0) is 0 Å². The average molecular weight is 233 g/mol. The number of anilines is 1. The van der Waals surface area contributed by atoms with Crippen molar-refractivity contribution in [3.05, 3.63) is 41.6 Å². The number of thioether (sulfide) groups is 1. The molecule has 0 saturated carbocycles. The van der Waals surface area contributed by atoms with E-state index in [1.165, 1.54) is 22.7 Å². The molecular formula is C14H19NS. The van der Waals surface area contributed by atoms with E-state index in [4.69, 9.17) is 0 Å². The lowest BCUT2D eigenvalue weighted by Gasteiger charge is -2.31. The fourth-order valence-electron chi connectivity index (χ4n) is 1.98. The molecule has 0 bridgehead atoms. The second kappa shape index (κ2) is 5.44. The predicted molar refractivity (Wildman–Crippen MR) is 74.2 cm³/mol. The molecule has 0 N–H and O–H groups in total. The molecule has 1 fully saturated rings. The summed E-state index contributed by atoms with van der Waals surface area (Å²) in [5.41, 5.74) is 4.14. The first-order valence-electron chi connectivity index (χ1n) is 5.92. The van der Waals surface area contributed by atoms with Gasteiger partial charge in [0, 0.05) is 29.4 Å². The Bertz CT molecular complexity index is 367. The van der Waals surface area contributed by atoms with Crippen molar-refractivity contribution in [2.75, 3.05) is 23.0 Å². The van der Waals surface area contributed by atoms with Gasteiger partial charge in [0.15, 0.2) is 0 Å². The highest BCUT2D eigenvalue weighted by Gasteiger charge is 2.15. The molecule has 1 saturated heterocycles. The van der Waals surface area contributed by atoms with Crippen molar-refractivity contribution in [3.63, 3.8) is 0 Å². The molecule has 0 radical (unpaired) electrons. The van der Waals surface area contributed by atoms with E-state index in [-0.39, 0.29) is 0 Å². The Balaban J connectivity index is 2.23. The summed E-state index contributed by atoms with van der Waals surface area (Å²) in [4.78, 5) is 2.46. The normalized spacial score (nSPS) is 19.1. The van der Waals surface area contributed by atoms with Crippen LogP contribution < -0.4 is 4.90 Å². The van der Waals surface area contributed by atoms with Gasteiger partial charge in [-0.3, -0.25) is 0 Å². The van der Waals surface area contributed by atoms with Crippen LogP contribution in [-0.4, -0.2) is 18.1 Å². The molecule has 0 atom stereocenters. The number of hydrogen-bond donors (Lipinski definition) is 0. The van der Waals surface area contributed by atoms with Gasteiger partial charge in [-0.05, 0) is 25.5 Å². The smallest absolute Gasteiger partial charge is 0.0408 e. The van der Waals surface area contributed by atoms with Crippen LogP contribution in [0.3, 0.4) is 0 Å². The Morgan fingerprint density at radius 2 is 2.06 bits per heavy atom. The lowest BCUT2D eigenvalue weighted by molar-refractivity contribution is 0.933. The van der Waals surface area contributed by atoms with Gasteiger partial charge in [-0.2, -0.15) is 11.8 Å². The van der Waals surface area contributed by atoms with Crippen LogP contribution in [0.15, 0.2) is 36.0 Å². The number of hydrogen-bond acceptors (Lipinski definition) is 2. The summed E-state index contributed by atoms with van der Waals surface area (Å²) < 4.78 is 0. The lowest BCUT2D eigenvalue weighted by Crippen LogP contribution is -2.30. The summed E-state index contributed by atoms with van der Waals surface area (Å²) >= 11 is 2.03. The summed E-state index contributed by atoms with van der Waals surface area (Å²) in [6.07, 6.45) is 3.48. The number of nitrogens with zero attached hydrogens (tertiary/aromatic N) is 1. The molecule has 16 heavy (non-hydrogen) atoms. The summed E-state index contributed by atoms with van der Waals surface area (Å²) in [6.45, 7) is 5.48. The largest absolute Gasteiger partial charge is 0.344 e. The minimum Gasteiger partial charge on any atom is -0.344 e. The Hall–Kier alpha value is -0.890. The SMILES string of the molecule is CC/C=C1/CSCCN1c1ccc(C)cc1. The number of benzene rings is 1. The third kappa shape index (κ3) is 2.62. The fraction of sp³-hybridized carbons (Fsp3) is 0.429. The summed E-state index contributed by atoms with van der Waals surface area (Å²) in [6, 6.07) is 8.85. The van der Waals surface area contributed by atoms with Gasteiger partial charge in [-0.15, -0.1) is 0 Å². The molecule has 2 rings (SSSR count). The molecule has 1 aromatic rings. The van der Waals surface area contributed by atoms with E-state index in [1.807, 2.05) is 11.8 Å². The first-order valence-corrected chi connectivity index (χ1v) is 7.07. The van der Waals surface area contributed by atoms with E-state index in [1.54, 1.807) is 0 Å². The summed E-state index contributed by atoms with van der Waals surface area (Å²) in [5.74, 6) is 2.39. The Morgan fingerprint density at radius 3 is 2.75 bits per heavy atom. The highest BCUT2D eigenvalue weighted by molar-refractivity contribution is 7.99. The van der Waals surface area contributed by atoms with Crippen LogP contribution >= 0.6 is 11.8 Å². The van der Waals surface area contributed by atoms with Crippen LogP contribution in [0, 0.1) is 6.92 Å². The number of allylic oxidation sites excluding steroid dienone is 1. The molecule has 2 heteroatoms. The van der Waals surface area contributed by atoms with Gasteiger partial charge < -0.3 is 4.90 Å². The Morgan fingerprint density at radius 1 is 1.31 bits per heavy atom. The second-order valence-corrected chi connectivity index (χ2v) is 5.25. The monoisotopic (exact) mass is 233 g/mol. The van der Waals surface area contributed by atoms with Crippen molar-refractivity contribution in [2.45, 2.75) is 20.3 Å². The first-order chi connectivity index (χ1) is 7.81. The molecule has 1 aliphatic rings. The average Bonchev–Trinajstić information content (AvgIpc) is 2.32. The minimum atomic E-state index is 1.12. The molecule has 0 aromatic heterocycles. The third-order valence-corrected chi connectivity index (χ3v) is 3.81. The van der Waals surface area contributed by atoms with Crippen molar-refractivity contribution >= 4 is 17.4 Å². The van der Waals surface area contributed by atoms with Gasteiger partial charge in [0.25, 0.3) is 0 Å². The minimum absolute atomic E-state index is 1.12. The van der Waals surface area contributed by atoms with Crippen molar-refractivity contribution in [1.82, 2.24) is 0 Å². The van der Waals surface area contributed by atoms with E-state index in [0.717, 1.165) is 18.7 Å². The molecule has 1 aliphatic heterocycles. The van der Waals surface area contributed by atoms with Crippen molar-refractivity contribution < 1.29 is 0 Å². The van der Waals surface area contributed by atoms with Crippen LogP contribution in [0.2, 0.25) is 0 Å². The van der Waals surface area contributed by atoms with Crippen molar-refractivity contribution in [3.8, 4) is 0 Å². The predicted octanol–water partition coefficient (Wildman–Crippen LogP) is 3.84. The number of rotatable bonds is 2. The quantitative estimate of drug-likeness (QED) is 0.763. The third-order valence-electron chi connectivity index (χ3n) is 2.84. The molecule has 0 spiro atoms. The number of aryl methyl sites for hydroxylation is 1. The van der Waals surface area contributed by atoms with Crippen LogP contribution in [0.4, 0.5) is 5.69 Å². The van der Waals surface area contributed by atoms with Gasteiger partial charge >= 0.3 is 0 Å². The maximum absolute atomic E-state index is 2.46. The molecule has 1 aromatic carbocycles. The van der Waals surface area contributed by atoms with Gasteiger partial charge in [-0.25, -0.2) is 0 Å². The van der Waals surface area contributed by atoms with Gasteiger partial charge in [-0.1, -0.05) is 30.7 Å². The maximum atomic E-state index is 2.46. The van der Waals surface area contributed by atoms with Crippen LogP contribution in [0.1, 0.15) is 18.9 Å². The first kappa shape index (κ1) is 11.6.